The van der Waals surface area contributed by atoms with Crippen LogP contribution >= 0.6 is 13.5 Å². The van der Waals surface area contributed by atoms with Crippen molar-refractivity contribution in [2.24, 2.45) is 11.7 Å². The number of rotatable bonds is 5. The van der Waals surface area contributed by atoms with Crippen molar-refractivity contribution in [3.05, 3.63) is 228 Å². The van der Waals surface area contributed by atoms with Crippen LogP contribution in [0.5, 0.6) is 0 Å². The number of carboxylic acid groups (broad SMARTS) is 1. The summed E-state index contributed by atoms with van der Waals surface area (Å²) in [5.74, 6) is -0.149. The molecule has 0 aromatic rings. The molecule has 6 aliphatic carbocycles. The molecule has 0 radical (unpaired) electrons. The molecule has 0 aromatic carbocycles. The summed E-state index contributed by atoms with van der Waals surface area (Å²) in [6.07, 6.45) is 54.3. The molecule has 8 heteroatoms. The summed E-state index contributed by atoms with van der Waals surface area (Å²) in [5.41, 5.74) is 9.98. The summed E-state index contributed by atoms with van der Waals surface area (Å²) in [6.45, 7) is 37.2. The van der Waals surface area contributed by atoms with Gasteiger partial charge in [0.1, 0.15) is 0 Å². The van der Waals surface area contributed by atoms with Crippen LogP contribution in [0.15, 0.2) is 168 Å². The van der Waals surface area contributed by atoms with Gasteiger partial charge >= 0.3 is 0 Å². The molecule has 0 atom stereocenters. The zero-order valence-electron chi connectivity index (χ0n) is 41.6. The summed E-state index contributed by atoms with van der Waals surface area (Å²) in [7, 11) is 1.66. The molecular weight excluding hydrogens is 857 g/mol. The fourth-order valence-electron chi connectivity index (χ4n) is 5.24. The summed E-state index contributed by atoms with van der Waals surface area (Å²) in [6, 6.07) is 0. The van der Waals surface area contributed by atoms with E-state index in [1.54, 1.807) is 19.8 Å². The second-order valence-corrected chi connectivity index (χ2v) is 15.1. The first kappa shape index (κ1) is 68.5. The SMILES string of the molecule is C1CCCC1.C=C1C=C(C)[CH-]C(OC)=C1.C=C1C=C(F)C(F)=C[CH-]1.C=C1C=CC=C[CH-]1.C=C1C=C[CH-]O1.CC=C1C=CC=C[CH-]1.S.[CH2-]C1CCCCC1.[CH2-]CC(=O)O.[CH2-]CCCC.[CH2-]CCN. The van der Waals surface area contributed by atoms with E-state index in [2.05, 4.69) is 79.5 Å². The van der Waals surface area contributed by atoms with Gasteiger partial charge in [-0.15, -0.1) is 105 Å². The van der Waals surface area contributed by atoms with Gasteiger partial charge in [-0.3, -0.25) is 9.18 Å². The van der Waals surface area contributed by atoms with Crippen molar-refractivity contribution in [1.82, 2.24) is 0 Å². The van der Waals surface area contributed by atoms with E-state index in [-0.39, 0.29) is 19.9 Å². The van der Waals surface area contributed by atoms with Gasteiger partial charge < -0.3 is 48.0 Å². The third kappa shape index (κ3) is 50.2. The van der Waals surface area contributed by atoms with Crippen LogP contribution < -0.4 is 5.73 Å². The molecule has 1 aliphatic heterocycles. The minimum Gasteiger partial charge on any atom is -0.569 e. The molecule has 2 fully saturated rings. The standard InChI is InChI=1S/C9H11O.C8H9.C7H5F2.C7H13.C7H7.C5H5O.C5H10.C5H11.C3H8N.C3H5O2.H2S/c1-7-4-8(2)6-9(5-7)10-3;1-2-8-6-4-3-5-7-8;1-5-2-3-6(8)7(9)4-5;2*1-7-5-3-2-4-6-7;1-5-3-2-4-6-5;1-2-4-5-3-1;1-3-5-4-2;1-2-3-4;1-2-3(4)5;/h4-6H,1H2,2-3H3;2-7H,1H3;2-4H,1H2;7H,1-6H2;2-6H,1H2;2-4H,1H2;1-5H2;1,3-5H2,2H3;1-4H2;1-2H2,(H,4,5);1H2/q6*-1;;3*-1;. The average Bonchev–Trinajstić information content (AvgIpc) is 4.08. The lowest BCUT2D eigenvalue weighted by Gasteiger charge is -2.21. The monoisotopic (exact) mass is 943 g/mol. The first-order chi connectivity index (χ1) is 31.6. The van der Waals surface area contributed by atoms with Gasteiger partial charge in [-0.2, -0.15) is 92.0 Å². The number of halogens is 2. The highest BCUT2D eigenvalue weighted by atomic mass is 32.1. The van der Waals surface area contributed by atoms with Crippen LogP contribution in [0.2, 0.25) is 0 Å². The fourth-order valence-corrected chi connectivity index (χ4v) is 5.24. The fraction of sp³-hybridized carbons (Fsp3) is 0.356. The molecule has 3 N–H and O–H groups in total. The third-order valence-electron chi connectivity index (χ3n) is 8.88. The highest BCUT2D eigenvalue weighted by Crippen LogP contribution is 2.23. The highest BCUT2D eigenvalue weighted by Gasteiger charge is 2.01. The molecule has 0 unspecified atom stereocenters. The summed E-state index contributed by atoms with van der Waals surface area (Å²) in [5, 5.41) is 7.66. The van der Waals surface area contributed by atoms with Gasteiger partial charge in [0.05, 0.1) is 18.8 Å². The number of carbonyl (C=O) groups is 1. The average molecular weight is 943 g/mol. The maximum absolute atomic E-state index is 12.2. The van der Waals surface area contributed by atoms with Gasteiger partial charge in [0.25, 0.3) is 5.97 Å². The lowest BCUT2D eigenvalue weighted by Crippen LogP contribution is -2.00. The second kappa shape index (κ2) is 50.4. The summed E-state index contributed by atoms with van der Waals surface area (Å²) < 4.78 is 34.0. The molecule has 0 spiro atoms. The number of methoxy groups -OCH3 is 1. The summed E-state index contributed by atoms with van der Waals surface area (Å²) >= 11 is 0. The zero-order valence-corrected chi connectivity index (χ0v) is 42.6. The predicted molar refractivity (Wildman–Crippen MR) is 293 cm³/mol. The Balaban J connectivity index is -0.000000332. The van der Waals surface area contributed by atoms with Crippen molar-refractivity contribution in [2.45, 2.75) is 117 Å². The second-order valence-electron chi connectivity index (χ2n) is 15.1. The predicted octanol–water partition coefficient (Wildman–Crippen LogP) is 17.0. The van der Waals surface area contributed by atoms with E-state index in [0.717, 1.165) is 53.6 Å². The number of allylic oxidation sites excluding steroid dienone is 21. The molecule has 67 heavy (non-hydrogen) atoms. The van der Waals surface area contributed by atoms with Crippen molar-refractivity contribution in [1.29, 1.82) is 0 Å². The molecule has 2 saturated carbocycles. The van der Waals surface area contributed by atoms with Gasteiger partial charge in [0.15, 0.2) is 0 Å². The molecule has 380 valence electrons. The number of hydrogen-bond acceptors (Lipinski definition) is 4. The topological polar surface area (TPSA) is 81.8 Å². The normalized spacial score (nSPS) is 16.9. The first-order valence-corrected chi connectivity index (χ1v) is 23.1. The lowest BCUT2D eigenvalue weighted by atomic mass is 9.91. The Kier molecular flexibility index (Phi) is 51.5. The van der Waals surface area contributed by atoms with Gasteiger partial charge in [-0.1, -0.05) is 117 Å². The quantitative estimate of drug-likeness (QED) is 0.268. The molecule has 1 heterocycles. The number of unbranched alkanes of at least 4 members (excludes halogenated alkanes) is 2. The number of carboxylic acids is 1. The molecule has 7 aliphatic rings. The van der Waals surface area contributed by atoms with Gasteiger partial charge in [0.2, 0.25) is 0 Å². The third-order valence-corrected chi connectivity index (χ3v) is 8.88. The minimum absolute atomic E-state index is 0. The molecule has 0 amide bonds. The van der Waals surface area contributed by atoms with Crippen LogP contribution in [0.1, 0.15) is 117 Å². The zero-order chi connectivity index (χ0) is 50.2. The van der Waals surface area contributed by atoms with Crippen LogP contribution in [0.25, 0.3) is 0 Å². The van der Waals surface area contributed by atoms with E-state index in [9.17, 15) is 13.6 Å². The molecule has 5 nitrogen and oxygen atoms in total. The molecule has 0 saturated heterocycles. The number of hydrogen-bond donors (Lipinski definition) is 2. The largest absolute Gasteiger partial charge is 0.569 e. The maximum atomic E-state index is 12.2. The van der Waals surface area contributed by atoms with E-state index in [1.807, 2.05) is 87.4 Å². The van der Waals surface area contributed by atoms with Crippen LogP contribution in [-0.4, -0.2) is 24.7 Å². The Bertz CT molecular complexity index is 1630. The van der Waals surface area contributed by atoms with Crippen molar-refractivity contribution >= 4 is 19.5 Å². The molecule has 0 bridgehead atoms. The molecule has 7 rings (SSSR count). The van der Waals surface area contributed by atoms with E-state index in [4.69, 9.17) is 20.3 Å². The number of ether oxygens (including phenoxy) is 2. The van der Waals surface area contributed by atoms with Gasteiger partial charge in [0, 0.05) is 11.5 Å². The lowest BCUT2D eigenvalue weighted by molar-refractivity contribution is -0.136. The minimum atomic E-state index is -0.856. The Morgan fingerprint density at radius 3 is 1.64 bits per heavy atom. The smallest absolute Gasteiger partial charge is 0.272 e. The van der Waals surface area contributed by atoms with Crippen molar-refractivity contribution in [3.8, 4) is 0 Å². The Hall–Kier alpha value is -5.05. The van der Waals surface area contributed by atoms with Crippen molar-refractivity contribution < 1.29 is 28.2 Å². The van der Waals surface area contributed by atoms with E-state index < -0.39 is 17.6 Å². The van der Waals surface area contributed by atoms with Crippen LogP contribution in [0, 0.1) is 65.9 Å². The Morgan fingerprint density at radius 1 is 0.836 bits per heavy atom. The van der Waals surface area contributed by atoms with Gasteiger partial charge in [-0.05, 0) is 6.54 Å². The molecule has 0 aromatic heterocycles. The van der Waals surface area contributed by atoms with E-state index >= 15 is 0 Å². The number of aliphatic carboxylic acids is 1. The maximum Gasteiger partial charge on any atom is 0.272 e. The van der Waals surface area contributed by atoms with Gasteiger partial charge in [-0.25, -0.2) is 4.39 Å². The van der Waals surface area contributed by atoms with Crippen LogP contribution in [0.4, 0.5) is 8.78 Å². The van der Waals surface area contributed by atoms with E-state index in [0.29, 0.717) is 12.1 Å². The van der Waals surface area contributed by atoms with Crippen molar-refractivity contribution in [2.75, 3.05) is 13.7 Å². The molecular formula is C59H86F2NO4S-9. The van der Waals surface area contributed by atoms with Crippen LogP contribution in [0.3, 0.4) is 0 Å². The summed E-state index contributed by atoms with van der Waals surface area (Å²) in [4.78, 5) is 9.31. The van der Waals surface area contributed by atoms with Crippen LogP contribution in [-0.2, 0) is 14.3 Å². The van der Waals surface area contributed by atoms with Crippen molar-refractivity contribution in [3.63, 3.8) is 0 Å². The Morgan fingerprint density at radius 2 is 1.39 bits per heavy atom. The number of nitrogens with two attached hydrogens (primary N) is 1. The first-order valence-electron chi connectivity index (χ1n) is 23.1. The Labute approximate surface area is 416 Å². The highest BCUT2D eigenvalue weighted by molar-refractivity contribution is 7.59. The van der Waals surface area contributed by atoms with E-state index in [1.165, 1.54) is 94.6 Å².